The predicted octanol–water partition coefficient (Wildman–Crippen LogP) is 3.08. The molecule has 0 radical (unpaired) electrons. The van der Waals surface area contributed by atoms with Gasteiger partial charge in [-0.15, -0.1) is 0 Å². The number of anilines is 1. The van der Waals surface area contributed by atoms with E-state index in [9.17, 15) is 22.0 Å². The molecule has 2 N–H and O–H groups in total. The van der Waals surface area contributed by atoms with Crippen molar-refractivity contribution in [1.29, 1.82) is 0 Å². The number of hydrogen-bond acceptors (Lipinski definition) is 3. The molecule has 23 heavy (non-hydrogen) atoms. The van der Waals surface area contributed by atoms with Crippen LogP contribution in [0.2, 0.25) is 0 Å². The lowest BCUT2D eigenvalue weighted by molar-refractivity contribution is 0.0696. The first kappa shape index (κ1) is 16.9. The minimum atomic E-state index is -4.15. The number of aromatic carboxylic acids is 1. The van der Waals surface area contributed by atoms with E-state index in [2.05, 4.69) is 4.72 Å². The van der Waals surface area contributed by atoms with E-state index in [4.69, 9.17) is 5.11 Å². The van der Waals surface area contributed by atoms with Crippen molar-refractivity contribution in [2.24, 2.45) is 0 Å². The van der Waals surface area contributed by atoms with Crippen molar-refractivity contribution in [1.82, 2.24) is 0 Å². The second kappa shape index (κ2) is 5.96. The number of carboxylic acid groups (broad SMARTS) is 1. The lowest BCUT2D eigenvalue weighted by atomic mass is 10.1. The van der Waals surface area contributed by atoms with E-state index in [-0.39, 0.29) is 16.1 Å². The summed E-state index contributed by atoms with van der Waals surface area (Å²) in [7, 11) is -4.15. The summed E-state index contributed by atoms with van der Waals surface area (Å²) in [6.45, 7) is 3.11. The van der Waals surface area contributed by atoms with Gasteiger partial charge in [-0.3, -0.25) is 4.72 Å². The van der Waals surface area contributed by atoms with Gasteiger partial charge in [-0.05, 0) is 49.2 Å². The third kappa shape index (κ3) is 3.48. The number of sulfonamides is 1. The fourth-order valence-electron chi connectivity index (χ4n) is 2.00. The summed E-state index contributed by atoms with van der Waals surface area (Å²) in [6, 6.07) is 4.94. The maximum absolute atomic E-state index is 13.2. The molecule has 0 heterocycles. The van der Waals surface area contributed by atoms with Crippen LogP contribution in [0.3, 0.4) is 0 Å². The van der Waals surface area contributed by atoms with Crippen LogP contribution in [0, 0.1) is 25.5 Å². The van der Waals surface area contributed by atoms with Gasteiger partial charge in [0.15, 0.2) is 11.6 Å². The van der Waals surface area contributed by atoms with Gasteiger partial charge in [0.2, 0.25) is 0 Å². The van der Waals surface area contributed by atoms with Crippen LogP contribution in [0.15, 0.2) is 35.2 Å². The Hall–Kier alpha value is -2.48. The van der Waals surface area contributed by atoms with Crippen molar-refractivity contribution in [3.63, 3.8) is 0 Å². The van der Waals surface area contributed by atoms with Crippen molar-refractivity contribution in [3.05, 3.63) is 58.7 Å². The second-order valence-electron chi connectivity index (χ2n) is 4.96. The molecule has 122 valence electrons. The van der Waals surface area contributed by atoms with Gasteiger partial charge in [0, 0.05) is 6.07 Å². The molecule has 0 aliphatic rings. The van der Waals surface area contributed by atoms with E-state index < -0.39 is 27.6 Å². The molecular formula is C15H13F2NO4S. The SMILES string of the molecule is Cc1cc(C(=O)O)cc(S(=O)(=O)Nc2ccc(F)c(F)c2)c1C. The molecule has 0 atom stereocenters. The van der Waals surface area contributed by atoms with Crippen LogP contribution >= 0.6 is 0 Å². The van der Waals surface area contributed by atoms with Crippen LogP contribution in [-0.2, 0) is 10.0 Å². The molecule has 2 aromatic rings. The monoisotopic (exact) mass is 341 g/mol. The summed E-state index contributed by atoms with van der Waals surface area (Å²) < 4.78 is 53.0. The summed E-state index contributed by atoms with van der Waals surface area (Å²) >= 11 is 0. The van der Waals surface area contributed by atoms with E-state index in [1.165, 1.54) is 13.0 Å². The highest BCUT2D eigenvalue weighted by molar-refractivity contribution is 7.92. The van der Waals surface area contributed by atoms with Gasteiger partial charge in [0.25, 0.3) is 10.0 Å². The van der Waals surface area contributed by atoms with Crippen LogP contribution in [0.1, 0.15) is 21.5 Å². The maximum atomic E-state index is 13.2. The van der Waals surface area contributed by atoms with Crippen LogP contribution in [0.25, 0.3) is 0 Å². The summed E-state index contributed by atoms with van der Waals surface area (Å²) in [5.41, 5.74) is 0.501. The molecule has 8 heteroatoms. The summed E-state index contributed by atoms with van der Waals surface area (Å²) in [5, 5.41) is 9.04. The highest BCUT2D eigenvalue weighted by Gasteiger charge is 2.21. The quantitative estimate of drug-likeness (QED) is 0.895. The fourth-order valence-corrected chi connectivity index (χ4v) is 3.39. The Balaban J connectivity index is 2.51. The lowest BCUT2D eigenvalue weighted by Gasteiger charge is -2.13. The molecule has 2 aromatic carbocycles. The molecule has 0 bridgehead atoms. The normalized spacial score (nSPS) is 11.3. The summed E-state index contributed by atoms with van der Waals surface area (Å²) in [4.78, 5) is 10.8. The predicted molar refractivity (Wildman–Crippen MR) is 80.0 cm³/mol. The first-order valence-corrected chi connectivity index (χ1v) is 7.92. The average molecular weight is 341 g/mol. The van der Waals surface area contributed by atoms with Crippen LogP contribution in [0.5, 0.6) is 0 Å². The number of carboxylic acids is 1. The zero-order valence-corrected chi connectivity index (χ0v) is 13.0. The molecule has 5 nitrogen and oxygen atoms in total. The topological polar surface area (TPSA) is 83.5 Å². The standard InChI is InChI=1S/C15H13F2NO4S/c1-8-5-10(15(19)20)6-14(9(8)2)23(21,22)18-11-3-4-12(16)13(17)7-11/h3-7,18H,1-2H3,(H,19,20). The number of halogens is 2. The molecule has 0 aromatic heterocycles. The Morgan fingerprint density at radius 2 is 1.74 bits per heavy atom. The second-order valence-corrected chi connectivity index (χ2v) is 6.61. The van der Waals surface area contributed by atoms with E-state index in [0.717, 1.165) is 18.2 Å². The van der Waals surface area contributed by atoms with E-state index in [1.54, 1.807) is 6.92 Å². The van der Waals surface area contributed by atoms with Gasteiger partial charge in [0.05, 0.1) is 16.1 Å². The van der Waals surface area contributed by atoms with Crippen LogP contribution in [0.4, 0.5) is 14.5 Å². The molecule has 0 saturated carbocycles. The third-order valence-electron chi connectivity index (χ3n) is 3.33. The minimum Gasteiger partial charge on any atom is -0.478 e. The number of benzene rings is 2. The first-order valence-electron chi connectivity index (χ1n) is 6.44. The van der Waals surface area contributed by atoms with Gasteiger partial charge in [-0.1, -0.05) is 0 Å². The van der Waals surface area contributed by atoms with Crippen molar-refractivity contribution < 1.29 is 27.1 Å². The number of carbonyl (C=O) groups is 1. The molecule has 0 saturated heterocycles. The Morgan fingerprint density at radius 3 is 2.30 bits per heavy atom. The van der Waals surface area contributed by atoms with Crippen LogP contribution in [-0.4, -0.2) is 19.5 Å². The van der Waals surface area contributed by atoms with Gasteiger partial charge in [0.1, 0.15) is 0 Å². The third-order valence-corrected chi connectivity index (χ3v) is 4.84. The lowest BCUT2D eigenvalue weighted by Crippen LogP contribution is -2.16. The molecule has 0 unspecified atom stereocenters. The molecule has 0 fully saturated rings. The Morgan fingerprint density at radius 1 is 1.09 bits per heavy atom. The zero-order valence-electron chi connectivity index (χ0n) is 12.2. The summed E-state index contributed by atoms with van der Waals surface area (Å²) in [5.74, 6) is -3.57. The van der Waals surface area contributed by atoms with E-state index >= 15 is 0 Å². The Kier molecular flexibility index (Phi) is 4.37. The molecule has 0 amide bonds. The summed E-state index contributed by atoms with van der Waals surface area (Å²) in [6.07, 6.45) is 0. The smallest absolute Gasteiger partial charge is 0.335 e. The van der Waals surface area contributed by atoms with Crippen molar-refractivity contribution >= 4 is 21.7 Å². The van der Waals surface area contributed by atoms with E-state index in [1.807, 2.05) is 0 Å². The van der Waals surface area contributed by atoms with Gasteiger partial charge in [-0.2, -0.15) is 0 Å². The molecule has 2 rings (SSSR count). The van der Waals surface area contributed by atoms with E-state index in [0.29, 0.717) is 17.2 Å². The number of aryl methyl sites for hydroxylation is 1. The van der Waals surface area contributed by atoms with Crippen LogP contribution < -0.4 is 4.72 Å². The van der Waals surface area contributed by atoms with Gasteiger partial charge >= 0.3 is 5.97 Å². The molecule has 0 spiro atoms. The number of hydrogen-bond donors (Lipinski definition) is 2. The average Bonchev–Trinajstić information content (AvgIpc) is 2.45. The van der Waals surface area contributed by atoms with Gasteiger partial charge in [-0.25, -0.2) is 22.0 Å². The maximum Gasteiger partial charge on any atom is 0.335 e. The Labute approximate surface area is 131 Å². The first-order chi connectivity index (χ1) is 10.6. The van der Waals surface area contributed by atoms with Gasteiger partial charge < -0.3 is 5.11 Å². The fraction of sp³-hybridized carbons (Fsp3) is 0.133. The van der Waals surface area contributed by atoms with Crippen molar-refractivity contribution in [2.45, 2.75) is 18.7 Å². The molecule has 0 aliphatic carbocycles. The zero-order chi connectivity index (χ0) is 17.4. The minimum absolute atomic E-state index is 0.165. The molecular weight excluding hydrogens is 328 g/mol. The molecule has 0 aliphatic heterocycles. The largest absolute Gasteiger partial charge is 0.478 e. The van der Waals surface area contributed by atoms with Crippen molar-refractivity contribution in [2.75, 3.05) is 4.72 Å². The number of rotatable bonds is 4. The Bertz CT molecular complexity index is 895. The number of nitrogens with one attached hydrogen (secondary N) is 1. The highest BCUT2D eigenvalue weighted by atomic mass is 32.2. The van der Waals surface area contributed by atoms with Crippen molar-refractivity contribution in [3.8, 4) is 0 Å². The highest BCUT2D eigenvalue weighted by Crippen LogP contribution is 2.24.